The fourth-order valence-electron chi connectivity index (χ4n) is 4.87. The van der Waals surface area contributed by atoms with Crippen molar-refractivity contribution < 1.29 is 14.3 Å². The number of esters is 1. The first kappa shape index (κ1) is 27.6. The molecule has 1 N–H and O–H groups in total. The van der Waals surface area contributed by atoms with Gasteiger partial charge in [-0.3, -0.25) is 9.36 Å². The predicted octanol–water partition coefficient (Wildman–Crippen LogP) is 7.35. The van der Waals surface area contributed by atoms with Gasteiger partial charge < -0.3 is 10.1 Å². The van der Waals surface area contributed by atoms with Crippen LogP contribution in [0.4, 0.5) is 5.00 Å². The molecule has 5 rings (SSSR count). The van der Waals surface area contributed by atoms with Gasteiger partial charge in [0.2, 0.25) is 5.91 Å². The molecule has 0 spiro atoms. The average Bonchev–Trinajstić information content (AvgIpc) is 3.64. The van der Waals surface area contributed by atoms with Crippen LogP contribution >= 0.6 is 34.4 Å². The molecule has 0 aliphatic heterocycles. The summed E-state index contributed by atoms with van der Waals surface area (Å²) in [7, 11) is 0. The second-order valence-electron chi connectivity index (χ2n) is 9.95. The Morgan fingerprint density at radius 2 is 1.92 bits per heavy atom. The molecule has 0 saturated heterocycles. The quantitative estimate of drug-likeness (QED) is 0.165. The van der Waals surface area contributed by atoms with E-state index in [1.54, 1.807) is 6.92 Å². The molecule has 1 aromatic carbocycles. The second-order valence-corrected chi connectivity index (χ2v) is 12.7. The summed E-state index contributed by atoms with van der Waals surface area (Å²) in [4.78, 5) is 27.4. The van der Waals surface area contributed by atoms with Gasteiger partial charge in [0.05, 0.1) is 12.4 Å². The minimum absolute atomic E-state index is 0.139. The van der Waals surface area contributed by atoms with E-state index >= 15 is 0 Å². The maximum atomic E-state index is 13.1. The zero-order valence-electron chi connectivity index (χ0n) is 22.5. The fourth-order valence-corrected chi connectivity index (χ4v) is 7.95. The molecule has 10 heteroatoms. The van der Waals surface area contributed by atoms with Crippen LogP contribution in [0.5, 0.6) is 0 Å². The van der Waals surface area contributed by atoms with Gasteiger partial charge in [0.15, 0.2) is 11.0 Å². The lowest BCUT2D eigenvalue weighted by Gasteiger charge is -2.19. The van der Waals surface area contributed by atoms with E-state index in [2.05, 4.69) is 46.2 Å². The zero-order chi connectivity index (χ0) is 27.5. The van der Waals surface area contributed by atoms with Crippen molar-refractivity contribution in [1.29, 1.82) is 0 Å². The SMILES string of the molecule is CCOC(=O)c1c(-c2ccccc2)csc1NC(=O)CSc1nnc(-c2csc3c2CCC(C)C3)n1C(C)C. The standard InChI is InChI=1S/C29H32N4O3S3/c1-5-36-28(35)25-21(19-9-7-6-8-10-19)14-38-27(25)30-24(34)16-39-29-32-31-26(33(29)17(2)3)22-15-37-23-13-18(4)11-12-20(22)23/h6-10,14-15,17-18H,5,11-13,16H2,1-4H3,(H,30,34). The van der Waals surface area contributed by atoms with Crippen molar-refractivity contribution in [3.8, 4) is 22.5 Å². The Hall–Kier alpha value is -2.95. The Kier molecular flexibility index (Phi) is 8.54. The van der Waals surface area contributed by atoms with Crippen LogP contribution in [-0.2, 0) is 22.4 Å². The topological polar surface area (TPSA) is 86.1 Å². The molecule has 1 amide bonds. The van der Waals surface area contributed by atoms with Crippen LogP contribution in [0.1, 0.15) is 61.0 Å². The van der Waals surface area contributed by atoms with Crippen LogP contribution in [0, 0.1) is 5.92 Å². The van der Waals surface area contributed by atoms with E-state index in [9.17, 15) is 9.59 Å². The molecule has 0 bridgehead atoms. The van der Waals surface area contributed by atoms with Gasteiger partial charge in [-0.2, -0.15) is 0 Å². The molecule has 1 aliphatic carbocycles. The lowest BCUT2D eigenvalue weighted by Crippen LogP contribution is -2.17. The number of fused-ring (bicyclic) bond motifs is 1. The summed E-state index contributed by atoms with van der Waals surface area (Å²) in [6, 6.07) is 9.78. The molecule has 1 unspecified atom stereocenters. The number of carbonyl (C=O) groups is 2. The number of carbonyl (C=O) groups excluding carboxylic acids is 2. The van der Waals surface area contributed by atoms with Gasteiger partial charge in [0.1, 0.15) is 10.6 Å². The lowest BCUT2D eigenvalue weighted by atomic mass is 9.88. The Labute approximate surface area is 241 Å². The van der Waals surface area contributed by atoms with Crippen molar-refractivity contribution >= 4 is 51.3 Å². The molecule has 3 heterocycles. The van der Waals surface area contributed by atoms with E-state index in [0.29, 0.717) is 21.6 Å². The first-order valence-electron chi connectivity index (χ1n) is 13.2. The number of nitrogens with zero attached hydrogens (tertiary/aromatic N) is 3. The van der Waals surface area contributed by atoms with Crippen LogP contribution in [0.25, 0.3) is 22.5 Å². The Morgan fingerprint density at radius 3 is 2.67 bits per heavy atom. The number of hydrogen-bond acceptors (Lipinski definition) is 8. The minimum Gasteiger partial charge on any atom is -0.462 e. The molecule has 0 saturated carbocycles. The molecule has 4 aromatic rings. The van der Waals surface area contributed by atoms with E-state index in [0.717, 1.165) is 29.8 Å². The number of anilines is 1. The highest BCUT2D eigenvalue weighted by Crippen LogP contribution is 2.40. The van der Waals surface area contributed by atoms with Gasteiger partial charge in [-0.15, -0.1) is 32.9 Å². The third kappa shape index (κ3) is 5.83. The van der Waals surface area contributed by atoms with Gasteiger partial charge >= 0.3 is 5.97 Å². The molecular weight excluding hydrogens is 549 g/mol. The number of thioether (sulfide) groups is 1. The number of nitrogens with one attached hydrogen (secondary N) is 1. The van der Waals surface area contributed by atoms with E-state index in [1.165, 1.54) is 45.5 Å². The van der Waals surface area contributed by atoms with Crippen LogP contribution < -0.4 is 5.32 Å². The number of aromatic nitrogens is 3. The molecule has 1 atom stereocenters. The van der Waals surface area contributed by atoms with Crippen molar-refractivity contribution in [1.82, 2.24) is 14.8 Å². The monoisotopic (exact) mass is 580 g/mol. The van der Waals surface area contributed by atoms with Crippen molar-refractivity contribution in [3.63, 3.8) is 0 Å². The van der Waals surface area contributed by atoms with E-state index < -0.39 is 5.97 Å². The van der Waals surface area contributed by atoms with Gasteiger partial charge in [-0.25, -0.2) is 4.79 Å². The van der Waals surface area contributed by atoms with E-state index in [4.69, 9.17) is 4.74 Å². The summed E-state index contributed by atoms with van der Waals surface area (Å²) in [6.45, 7) is 8.56. The summed E-state index contributed by atoms with van der Waals surface area (Å²) in [5, 5.41) is 17.3. The molecule has 0 fully saturated rings. The third-order valence-electron chi connectivity index (χ3n) is 6.76. The first-order valence-corrected chi connectivity index (χ1v) is 15.9. The Bertz CT molecular complexity index is 1470. The number of amides is 1. The van der Waals surface area contributed by atoms with Crippen LogP contribution in [0.15, 0.2) is 46.2 Å². The van der Waals surface area contributed by atoms with Crippen molar-refractivity contribution in [2.75, 3.05) is 17.7 Å². The van der Waals surface area contributed by atoms with E-state index in [1.807, 2.05) is 47.0 Å². The van der Waals surface area contributed by atoms with E-state index in [-0.39, 0.29) is 24.3 Å². The van der Waals surface area contributed by atoms with Crippen molar-refractivity contribution in [2.45, 2.75) is 58.2 Å². The highest BCUT2D eigenvalue weighted by atomic mass is 32.2. The highest BCUT2D eigenvalue weighted by molar-refractivity contribution is 7.99. The maximum Gasteiger partial charge on any atom is 0.341 e. The minimum atomic E-state index is -0.446. The summed E-state index contributed by atoms with van der Waals surface area (Å²) in [6.07, 6.45) is 3.39. The summed E-state index contributed by atoms with van der Waals surface area (Å²) < 4.78 is 7.44. The average molecular weight is 581 g/mol. The molecule has 7 nitrogen and oxygen atoms in total. The first-order chi connectivity index (χ1) is 18.9. The predicted molar refractivity (Wildman–Crippen MR) is 160 cm³/mol. The molecule has 3 aromatic heterocycles. The summed E-state index contributed by atoms with van der Waals surface area (Å²) in [5.41, 5.74) is 4.61. The largest absolute Gasteiger partial charge is 0.462 e. The number of hydrogen-bond donors (Lipinski definition) is 1. The smallest absolute Gasteiger partial charge is 0.341 e. The van der Waals surface area contributed by atoms with Crippen LogP contribution in [0.3, 0.4) is 0 Å². The Morgan fingerprint density at radius 1 is 1.15 bits per heavy atom. The summed E-state index contributed by atoms with van der Waals surface area (Å²) >= 11 is 4.50. The van der Waals surface area contributed by atoms with Gasteiger partial charge in [0, 0.05) is 32.8 Å². The van der Waals surface area contributed by atoms with Crippen molar-refractivity contribution in [2.24, 2.45) is 5.92 Å². The molecule has 204 valence electrons. The van der Waals surface area contributed by atoms with Crippen LogP contribution in [-0.4, -0.2) is 39.0 Å². The highest BCUT2D eigenvalue weighted by Gasteiger charge is 2.26. The summed E-state index contributed by atoms with van der Waals surface area (Å²) in [5.74, 6) is 1.07. The van der Waals surface area contributed by atoms with Crippen LogP contribution in [0.2, 0.25) is 0 Å². The second kappa shape index (κ2) is 12.1. The number of benzene rings is 1. The maximum absolute atomic E-state index is 13.1. The number of rotatable bonds is 9. The van der Waals surface area contributed by atoms with Crippen molar-refractivity contribution in [3.05, 3.63) is 57.1 Å². The van der Waals surface area contributed by atoms with Gasteiger partial charge in [-0.05, 0) is 57.1 Å². The molecular formula is C29H32N4O3S3. The van der Waals surface area contributed by atoms with Gasteiger partial charge in [-0.1, -0.05) is 49.0 Å². The molecule has 0 radical (unpaired) electrons. The fraction of sp³-hybridized carbons (Fsp3) is 0.379. The molecule has 1 aliphatic rings. The number of thiophene rings is 2. The zero-order valence-corrected chi connectivity index (χ0v) is 25.0. The normalized spacial score (nSPS) is 14.8. The lowest BCUT2D eigenvalue weighted by molar-refractivity contribution is -0.113. The number of ether oxygens (including phenoxy) is 1. The third-order valence-corrected chi connectivity index (χ3v) is 9.65. The van der Waals surface area contributed by atoms with Gasteiger partial charge in [0.25, 0.3) is 0 Å². The Balaban J connectivity index is 1.34. The molecule has 39 heavy (non-hydrogen) atoms.